The predicted octanol–water partition coefficient (Wildman–Crippen LogP) is 1.69. The maximum atomic E-state index is 12.9. The van der Waals surface area contributed by atoms with Gasteiger partial charge >= 0.3 is 0 Å². The molecule has 0 radical (unpaired) electrons. The standard InChI is InChI=1S/C16H31N3O/c1-4-15-11-18(3)6-5-7-19(15)16(20)13-8-12(2)9-14(17)10-13/h12-15H,4-11,17H2,1-3H3. The van der Waals surface area contributed by atoms with Crippen molar-refractivity contribution in [1.29, 1.82) is 0 Å². The molecule has 2 N–H and O–H groups in total. The molecular formula is C16H31N3O. The predicted molar refractivity (Wildman–Crippen MR) is 82.4 cm³/mol. The molecule has 1 aliphatic carbocycles. The van der Waals surface area contributed by atoms with Crippen LogP contribution in [0.4, 0.5) is 0 Å². The molecule has 20 heavy (non-hydrogen) atoms. The van der Waals surface area contributed by atoms with Crippen molar-refractivity contribution in [3.63, 3.8) is 0 Å². The summed E-state index contributed by atoms with van der Waals surface area (Å²) in [7, 11) is 2.16. The average molecular weight is 281 g/mol. The number of carbonyl (C=O) groups excluding carboxylic acids is 1. The molecule has 2 aliphatic rings. The van der Waals surface area contributed by atoms with Gasteiger partial charge in [0.2, 0.25) is 5.91 Å². The van der Waals surface area contributed by atoms with Crippen LogP contribution in [0.3, 0.4) is 0 Å². The number of carbonyl (C=O) groups is 1. The van der Waals surface area contributed by atoms with Gasteiger partial charge in [0, 0.05) is 31.1 Å². The molecule has 1 aliphatic heterocycles. The monoisotopic (exact) mass is 281 g/mol. The van der Waals surface area contributed by atoms with E-state index in [-0.39, 0.29) is 12.0 Å². The maximum Gasteiger partial charge on any atom is 0.226 e. The van der Waals surface area contributed by atoms with E-state index in [1.807, 2.05) is 0 Å². The van der Waals surface area contributed by atoms with Gasteiger partial charge in [-0.05, 0) is 51.6 Å². The molecule has 4 unspecified atom stereocenters. The Kier molecular flexibility index (Phi) is 5.44. The zero-order valence-corrected chi connectivity index (χ0v) is 13.3. The fraction of sp³-hybridized carbons (Fsp3) is 0.938. The fourth-order valence-electron chi connectivity index (χ4n) is 3.98. The maximum absolute atomic E-state index is 12.9. The topological polar surface area (TPSA) is 49.6 Å². The number of rotatable bonds is 2. The summed E-state index contributed by atoms with van der Waals surface area (Å²) in [5, 5.41) is 0. The Balaban J connectivity index is 2.05. The van der Waals surface area contributed by atoms with E-state index in [0.717, 1.165) is 51.7 Å². The molecular weight excluding hydrogens is 250 g/mol. The van der Waals surface area contributed by atoms with E-state index in [9.17, 15) is 4.79 Å². The first-order valence-electron chi connectivity index (χ1n) is 8.25. The van der Waals surface area contributed by atoms with Gasteiger partial charge in [-0.1, -0.05) is 13.8 Å². The Hall–Kier alpha value is -0.610. The van der Waals surface area contributed by atoms with Crippen molar-refractivity contribution < 1.29 is 4.79 Å². The molecule has 1 amide bonds. The summed E-state index contributed by atoms with van der Waals surface area (Å²) in [5.74, 6) is 1.11. The van der Waals surface area contributed by atoms with Gasteiger partial charge in [-0.25, -0.2) is 0 Å². The molecule has 0 aromatic rings. The lowest BCUT2D eigenvalue weighted by atomic mass is 9.79. The van der Waals surface area contributed by atoms with E-state index >= 15 is 0 Å². The first kappa shape index (κ1) is 15.8. The minimum atomic E-state index is 0.159. The van der Waals surface area contributed by atoms with Crippen LogP contribution >= 0.6 is 0 Å². The second-order valence-corrected chi connectivity index (χ2v) is 6.98. The third kappa shape index (κ3) is 3.73. The molecule has 0 bridgehead atoms. The van der Waals surface area contributed by atoms with E-state index in [0.29, 0.717) is 17.9 Å². The molecule has 4 atom stereocenters. The third-order valence-electron chi connectivity index (χ3n) is 4.98. The summed E-state index contributed by atoms with van der Waals surface area (Å²) in [6.45, 7) is 7.45. The number of hydrogen-bond acceptors (Lipinski definition) is 3. The summed E-state index contributed by atoms with van der Waals surface area (Å²) in [4.78, 5) is 17.4. The van der Waals surface area contributed by atoms with Gasteiger partial charge < -0.3 is 15.5 Å². The van der Waals surface area contributed by atoms with Crippen molar-refractivity contribution in [2.75, 3.05) is 26.7 Å². The van der Waals surface area contributed by atoms with Gasteiger partial charge in [0.15, 0.2) is 0 Å². The minimum absolute atomic E-state index is 0.159. The van der Waals surface area contributed by atoms with Crippen LogP contribution in [0.15, 0.2) is 0 Å². The van der Waals surface area contributed by atoms with E-state index in [1.54, 1.807) is 0 Å². The largest absolute Gasteiger partial charge is 0.338 e. The highest BCUT2D eigenvalue weighted by molar-refractivity contribution is 5.79. The van der Waals surface area contributed by atoms with Crippen LogP contribution in [0.5, 0.6) is 0 Å². The lowest BCUT2D eigenvalue weighted by Gasteiger charge is -2.37. The molecule has 2 fully saturated rings. The van der Waals surface area contributed by atoms with E-state index in [2.05, 4.69) is 30.7 Å². The number of nitrogens with two attached hydrogens (primary N) is 1. The molecule has 0 aromatic carbocycles. The summed E-state index contributed by atoms with van der Waals surface area (Å²) < 4.78 is 0. The number of nitrogens with zero attached hydrogens (tertiary/aromatic N) is 2. The van der Waals surface area contributed by atoms with Gasteiger partial charge in [0.05, 0.1) is 0 Å². The highest BCUT2D eigenvalue weighted by Crippen LogP contribution is 2.30. The first-order chi connectivity index (χ1) is 9.51. The quantitative estimate of drug-likeness (QED) is 0.838. The third-order valence-corrected chi connectivity index (χ3v) is 4.98. The smallest absolute Gasteiger partial charge is 0.226 e. The Morgan fingerprint density at radius 1 is 1.25 bits per heavy atom. The molecule has 1 heterocycles. The molecule has 1 saturated carbocycles. The lowest BCUT2D eigenvalue weighted by Crippen LogP contribution is -2.48. The second kappa shape index (κ2) is 6.90. The van der Waals surface area contributed by atoms with Crippen LogP contribution in [-0.2, 0) is 4.79 Å². The van der Waals surface area contributed by atoms with E-state index < -0.39 is 0 Å². The molecule has 2 rings (SSSR count). The Morgan fingerprint density at radius 3 is 2.65 bits per heavy atom. The first-order valence-corrected chi connectivity index (χ1v) is 8.25. The summed E-state index contributed by atoms with van der Waals surface area (Å²) >= 11 is 0. The van der Waals surface area contributed by atoms with Gasteiger partial charge in [0.1, 0.15) is 0 Å². The number of hydrogen-bond donors (Lipinski definition) is 1. The molecule has 1 saturated heterocycles. The molecule has 4 heteroatoms. The number of amides is 1. The van der Waals surface area contributed by atoms with Gasteiger partial charge in [0.25, 0.3) is 0 Å². The molecule has 4 nitrogen and oxygen atoms in total. The van der Waals surface area contributed by atoms with Gasteiger partial charge in [-0.2, -0.15) is 0 Å². The summed E-state index contributed by atoms with van der Waals surface area (Å²) in [5.41, 5.74) is 6.12. The van der Waals surface area contributed by atoms with Crippen LogP contribution in [0.2, 0.25) is 0 Å². The molecule has 0 aromatic heterocycles. The minimum Gasteiger partial charge on any atom is -0.338 e. The van der Waals surface area contributed by atoms with Crippen molar-refractivity contribution in [2.24, 2.45) is 17.6 Å². The average Bonchev–Trinajstić information content (AvgIpc) is 2.58. The van der Waals surface area contributed by atoms with Crippen LogP contribution in [0.1, 0.15) is 46.0 Å². The zero-order valence-electron chi connectivity index (χ0n) is 13.3. The van der Waals surface area contributed by atoms with Crippen LogP contribution < -0.4 is 5.73 Å². The van der Waals surface area contributed by atoms with E-state index in [1.165, 1.54) is 0 Å². The van der Waals surface area contributed by atoms with Crippen LogP contribution in [0, 0.1) is 11.8 Å². The molecule has 116 valence electrons. The van der Waals surface area contributed by atoms with Crippen molar-refractivity contribution in [2.45, 2.75) is 58.0 Å². The van der Waals surface area contributed by atoms with Crippen LogP contribution in [0.25, 0.3) is 0 Å². The summed E-state index contributed by atoms with van der Waals surface area (Å²) in [6, 6.07) is 0.589. The summed E-state index contributed by atoms with van der Waals surface area (Å²) in [6.07, 6.45) is 5.11. The van der Waals surface area contributed by atoms with Crippen LogP contribution in [-0.4, -0.2) is 54.5 Å². The Labute approximate surface area is 123 Å². The van der Waals surface area contributed by atoms with Crippen molar-refractivity contribution >= 4 is 5.91 Å². The lowest BCUT2D eigenvalue weighted by molar-refractivity contribution is -0.139. The Morgan fingerprint density at radius 2 is 2.00 bits per heavy atom. The van der Waals surface area contributed by atoms with Crippen molar-refractivity contribution in [1.82, 2.24) is 9.80 Å². The Bertz CT molecular complexity index is 324. The van der Waals surface area contributed by atoms with E-state index in [4.69, 9.17) is 5.73 Å². The highest BCUT2D eigenvalue weighted by atomic mass is 16.2. The highest BCUT2D eigenvalue weighted by Gasteiger charge is 2.35. The van der Waals surface area contributed by atoms with Crippen molar-refractivity contribution in [3.05, 3.63) is 0 Å². The SMILES string of the molecule is CCC1CN(C)CCCN1C(=O)C1CC(C)CC(N)C1. The second-order valence-electron chi connectivity index (χ2n) is 6.98. The van der Waals surface area contributed by atoms with Crippen molar-refractivity contribution in [3.8, 4) is 0 Å². The zero-order chi connectivity index (χ0) is 14.7. The molecule has 0 spiro atoms. The van der Waals surface area contributed by atoms with Gasteiger partial charge in [-0.3, -0.25) is 4.79 Å². The normalized spacial score (nSPS) is 36.7. The number of likely N-dealkylation sites (N-methyl/N-ethyl adjacent to an activating group) is 1. The fourth-order valence-corrected chi connectivity index (χ4v) is 3.98. The van der Waals surface area contributed by atoms with Gasteiger partial charge in [-0.15, -0.1) is 0 Å².